The van der Waals surface area contributed by atoms with Crippen LogP contribution in [0.5, 0.6) is 11.5 Å². The third-order valence-corrected chi connectivity index (χ3v) is 13.1. The fourth-order valence-corrected chi connectivity index (χ4v) is 9.49. The highest BCUT2D eigenvalue weighted by Gasteiger charge is 2.38. The molecule has 0 radical (unpaired) electrons. The van der Waals surface area contributed by atoms with E-state index >= 15 is 0 Å². The summed E-state index contributed by atoms with van der Waals surface area (Å²) in [5.74, 6) is -1.12. The van der Waals surface area contributed by atoms with Crippen molar-refractivity contribution in [1.82, 2.24) is 30.4 Å². The molecule has 17 heteroatoms. The first-order valence-corrected chi connectivity index (χ1v) is 22.5. The average Bonchev–Trinajstić information content (AvgIpc) is 3.28. The topological polar surface area (TPSA) is 237 Å². The van der Waals surface area contributed by atoms with Gasteiger partial charge in [0.25, 0.3) is 5.56 Å². The van der Waals surface area contributed by atoms with Crippen LogP contribution in [-0.2, 0) is 70.8 Å². The molecule has 0 fully saturated rings. The van der Waals surface area contributed by atoms with E-state index in [1.54, 1.807) is 36.1 Å². The minimum atomic E-state index is -0.921. The molecule has 1 aromatic heterocycles. The molecule has 4 amide bonds. The monoisotopic (exact) mass is 968 g/mol. The first kappa shape index (κ1) is 52.7. The molecule has 4 atom stereocenters. The maximum absolute atomic E-state index is 14.0. The molecule has 0 saturated heterocycles. The molecule has 0 unspecified atom stereocenters. The normalized spacial score (nSPS) is 16.0. The van der Waals surface area contributed by atoms with Gasteiger partial charge in [-0.1, -0.05) is 48.5 Å². The molecule has 2 aliphatic rings. The summed E-state index contributed by atoms with van der Waals surface area (Å²) >= 11 is 0. The molecule has 2 aliphatic heterocycles. The van der Waals surface area contributed by atoms with Crippen LogP contribution in [-0.4, -0.2) is 90.9 Å². The Kier molecular flexibility index (Phi) is 17.6. The van der Waals surface area contributed by atoms with Crippen molar-refractivity contribution in [2.45, 2.75) is 110 Å². The summed E-state index contributed by atoms with van der Waals surface area (Å²) in [5.41, 5.74) is 22.9. The fraction of sp³-hybridized carbons (Fsp3) is 0.373. The van der Waals surface area contributed by atoms with Gasteiger partial charge in [0.2, 0.25) is 23.6 Å². The Hall–Kier alpha value is -6.26. The molecular weight excluding hydrogens is 908 g/mol. The summed E-state index contributed by atoms with van der Waals surface area (Å²) in [6.45, 7) is 9.93. The summed E-state index contributed by atoms with van der Waals surface area (Å²) in [4.78, 5) is 79.5. The van der Waals surface area contributed by atoms with Crippen LogP contribution in [0.2, 0.25) is 0 Å². The van der Waals surface area contributed by atoms with E-state index in [2.05, 4.69) is 20.6 Å². The lowest BCUT2D eigenvalue weighted by Crippen LogP contribution is -2.57. The lowest BCUT2D eigenvalue weighted by Gasteiger charge is -2.37. The van der Waals surface area contributed by atoms with E-state index in [-0.39, 0.29) is 117 Å². The number of hydrogen-bond donors (Lipinski definition) is 7. The molecule has 3 heterocycles. The molecule has 0 aliphatic carbocycles. The number of hydrogen-bond acceptors (Lipinski definition) is 10. The first-order chi connectivity index (χ1) is 31.5. The SMILES string of the molecule is Cc1cc(O)cc(C)c1C[C@H](N)C(=O)N1Cc2ccccc2C[C@H]1C(=O)NCCc1[nH]c(=O)c(CCNC(=O)[C@@H]2Cc3ccccc3CN2C(=O)[C@@H](N)Cc2c(C)cc(O)cc2C)nc1C.Cl.Cl. The smallest absolute Gasteiger partial charge is 0.269 e. The van der Waals surface area contributed by atoms with E-state index in [0.29, 0.717) is 24.2 Å². The number of amides is 4. The Labute approximate surface area is 408 Å². The van der Waals surface area contributed by atoms with Crippen LogP contribution in [0, 0.1) is 34.6 Å². The Morgan fingerprint density at radius 1 is 0.662 bits per heavy atom. The molecule has 0 spiro atoms. The summed E-state index contributed by atoms with van der Waals surface area (Å²) in [5, 5.41) is 25.9. The maximum atomic E-state index is 14.0. The largest absolute Gasteiger partial charge is 0.508 e. The Morgan fingerprint density at radius 3 is 1.46 bits per heavy atom. The van der Waals surface area contributed by atoms with E-state index in [4.69, 9.17) is 11.5 Å². The number of phenols is 2. The Balaban J connectivity index is 0.00000432. The molecule has 0 bridgehead atoms. The van der Waals surface area contributed by atoms with E-state index in [9.17, 15) is 34.2 Å². The van der Waals surface area contributed by atoms with Gasteiger partial charge >= 0.3 is 0 Å². The van der Waals surface area contributed by atoms with Gasteiger partial charge in [-0.15, -0.1) is 24.8 Å². The summed E-state index contributed by atoms with van der Waals surface area (Å²) < 4.78 is 0. The number of nitrogens with one attached hydrogen (secondary N) is 3. The molecule has 362 valence electrons. The number of phenolic OH excluding ortho intramolecular Hbond substituents is 2. The number of aromatic hydroxyl groups is 2. The van der Waals surface area contributed by atoms with Crippen molar-refractivity contribution < 1.29 is 29.4 Å². The van der Waals surface area contributed by atoms with E-state index in [0.717, 1.165) is 55.6 Å². The average molecular weight is 970 g/mol. The highest BCUT2D eigenvalue weighted by Crippen LogP contribution is 2.28. The molecule has 9 N–H and O–H groups in total. The molecule has 7 rings (SSSR count). The highest BCUT2D eigenvalue weighted by atomic mass is 35.5. The van der Waals surface area contributed by atoms with Gasteiger partial charge in [0, 0.05) is 57.6 Å². The Bertz CT molecular complexity index is 2700. The van der Waals surface area contributed by atoms with Crippen LogP contribution in [0.15, 0.2) is 77.6 Å². The molecule has 4 aromatic carbocycles. The van der Waals surface area contributed by atoms with E-state index < -0.39 is 29.7 Å². The van der Waals surface area contributed by atoms with Crippen molar-refractivity contribution in [3.63, 3.8) is 0 Å². The van der Waals surface area contributed by atoms with E-state index in [1.807, 2.05) is 76.2 Å². The zero-order valence-electron chi connectivity index (χ0n) is 39.1. The van der Waals surface area contributed by atoms with Crippen molar-refractivity contribution in [2.75, 3.05) is 13.1 Å². The maximum Gasteiger partial charge on any atom is 0.269 e. The van der Waals surface area contributed by atoms with Gasteiger partial charge in [-0.2, -0.15) is 0 Å². The van der Waals surface area contributed by atoms with Gasteiger partial charge in [0.05, 0.1) is 17.8 Å². The van der Waals surface area contributed by atoms with Crippen molar-refractivity contribution in [3.8, 4) is 11.5 Å². The van der Waals surface area contributed by atoms with E-state index in [1.165, 1.54) is 4.90 Å². The number of fused-ring (bicyclic) bond motifs is 2. The third kappa shape index (κ3) is 11.9. The zero-order chi connectivity index (χ0) is 47.4. The molecule has 5 aromatic rings. The minimum Gasteiger partial charge on any atom is -0.508 e. The lowest BCUT2D eigenvalue weighted by atomic mass is 9.91. The van der Waals surface area contributed by atoms with Crippen LogP contribution in [0.25, 0.3) is 0 Å². The van der Waals surface area contributed by atoms with Gasteiger partial charge in [0.1, 0.15) is 29.3 Å². The summed E-state index contributed by atoms with van der Waals surface area (Å²) in [6, 6.07) is 18.5. The number of carbonyl (C=O) groups is 4. The number of aromatic amines is 1. The van der Waals surface area contributed by atoms with Gasteiger partial charge in [-0.05, 0) is 127 Å². The fourth-order valence-electron chi connectivity index (χ4n) is 9.49. The van der Waals surface area contributed by atoms with Crippen molar-refractivity contribution in [3.05, 3.63) is 156 Å². The van der Waals surface area contributed by atoms with Crippen LogP contribution >= 0.6 is 24.8 Å². The number of benzene rings is 4. The van der Waals surface area contributed by atoms with Crippen molar-refractivity contribution in [1.29, 1.82) is 0 Å². The van der Waals surface area contributed by atoms with Gasteiger partial charge < -0.3 is 47.1 Å². The number of halogens is 2. The zero-order valence-corrected chi connectivity index (χ0v) is 40.7. The summed E-state index contributed by atoms with van der Waals surface area (Å²) in [6.07, 6.45) is 1.52. The van der Waals surface area contributed by atoms with Gasteiger partial charge in [-0.25, -0.2) is 0 Å². The quantitative estimate of drug-likeness (QED) is 0.0847. The van der Waals surface area contributed by atoms with Gasteiger partial charge in [-0.3, -0.25) is 29.0 Å². The number of H-pyrrole nitrogens is 1. The van der Waals surface area contributed by atoms with Gasteiger partial charge in [0.15, 0.2) is 0 Å². The molecule has 68 heavy (non-hydrogen) atoms. The number of nitrogens with two attached hydrogens (primary N) is 2. The standard InChI is InChI=1S/C51H60N8O7.2ClH/c1-28-18-37(60)19-29(2)39(28)24-41(52)50(65)58-26-35-12-8-6-10-33(35)22-45(58)48(63)54-16-14-43-32(5)56-44(47(62)57-43)15-17-55-49(64)46-23-34-11-7-9-13-36(34)27-59(46)51(66)42(53)25-40-30(3)20-38(61)21-31(40)4;;/h6-13,18-21,41-42,45-46,60-61H,14-17,22-27,52-53H2,1-5H3,(H,54,63)(H,55,64)(H,57,62);2*1H/t41-,42-,45-,46-;;/m0../s1. The lowest BCUT2D eigenvalue weighted by molar-refractivity contribution is -0.142. The molecular formula is C51H62Cl2N8O7. The van der Waals surface area contributed by atoms with Crippen LogP contribution in [0.3, 0.4) is 0 Å². The van der Waals surface area contributed by atoms with Crippen LogP contribution < -0.4 is 27.7 Å². The predicted molar refractivity (Wildman–Crippen MR) is 265 cm³/mol. The highest BCUT2D eigenvalue weighted by molar-refractivity contribution is 5.92. The molecule has 0 saturated carbocycles. The van der Waals surface area contributed by atoms with Crippen LogP contribution in [0.1, 0.15) is 72.7 Å². The van der Waals surface area contributed by atoms with Crippen molar-refractivity contribution >= 4 is 48.4 Å². The number of aromatic nitrogens is 2. The van der Waals surface area contributed by atoms with Crippen LogP contribution in [0.4, 0.5) is 0 Å². The second-order valence-corrected chi connectivity index (χ2v) is 17.8. The number of aryl methyl sites for hydroxylation is 5. The minimum absolute atomic E-state index is 0. The summed E-state index contributed by atoms with van der Waals surface area (Å²) in [7, 11) is 0. The second kappa shape index (κ2) is 22.7. The molecule has 15 nitrogen and oxygen atoms in total. The number of nitrogens with zero attached hydrogens (tertiary/aromatic N) is 3. The number of rotatable bonds is 14. The second-order valence-electron chi connectivity index (χ2n) is 17.8. The first-order valence-electron chi connectivity index (χ1n) is 22.5. The number of carbonyl (C=O) groups excluding carboxylic acids is 4. The van der Waals surface area contributed by atoms with Crippen molar-refractivity contribution in [2.24, 2.45) is 11.5 Å². The predicted octanol–water partition coefficient (Wildman–Crippen LogP) is 3.93. The third-order valence-electron chi connectivity index (χ3n) is 13.1. The Morgan fingerprint density at radius 2 is 1.04 bits per heavy atom.